The molecule has 2 aromatic carbocycles. The second-order valence-electron chi connectivity index (χ2n) is 4.60. The third kappa shape index (κ3) is 2.99. The molecule has 0 aromatic heterocycles. The fourth-order valence-corrected chi connectivity index (χ4v) is 2.93. The van der Waals surface area contributed by atoms with Crippen molar-refractivity contribution in [3.8, 4) is 0 Å². The van der Waals surface area contributed by atoms with Crippen LogP contribution >= 0.6 is 27.5 Å². The molecule has 0 saturated carbocycles. The highest BCUT2D eigenvalue weighted by atomic mass is 79.9. The van der Waals surface area contributed by atoms with Crippen LogP contribution in [-0.2, 0) is 0 Å². The molecule has 2 aromatic rings. The molecule has 0 aliphatic rings. The van der Waals surface area contributed by atoms with Crippen LogP contribution in [0.4, 0.5) is 4.39 Å². The smallest absolute Gasteiger partial charge is 0.123 e. The van der Waals surface area contributed by atoms with Gasteiger partial charge in [-0.15, -0.1) is 0 Å². The van der Waals surface area contributed by atoms with E-state index in [9.17, 15) is 4.39 Å². The predicted molar refractivity (Wildman–Crippen MR) is 81.1 cm³/mol. The lowest BCUT2D eigenvalue weighted by Crippen LogP contribution is -2.15. The molecule has 1 unspecified atom stereocenters. The highest BCUT2D eigenvalue weighted by molar-refractivity contribution is 9.10. The summed E-state index contributed by atoms with van der Waals surface area (Å²) >= 11 is 9.61. The van der Waals surface area contributed by atoms with Crippen molar-refractivity contribution in [1.29, 1.82) is 0 Å². The van der Waals surface area contributed by atoms with Crippen molar-refractivity contribution in [2.75, 3.05) is 0 Å². The summed E-state index contributed by atoms with van der Waals surface area (Å²) in [5, 5.41) is 0.610. The number of nitrogens with two attached hydrogens (primary N) is 1. The Bertz CT molecular complexity index is 605. The maximum Gasteiger partial charge on any atom is 0.123 e. The van der Waals surface area contributed by atoms with E-state index in [1.165, 1.54) is 12.1 Å². The average molecular weight is 343 g/mol. The van der Waals surface area contributed by atoms with Gasteiger partial charge in [-0.3, -0.25) is 0 Å². The Morgan fingerprint density at radius 1 is 1.16 bits per heavy atom. The van der Waals surface area contributed by atoms with Crippen LogP contribution in [0.1, 0.15) is 28.3 Å². The van der Waals surface area contributed by atoms with E-state index in [0.29, 0.717) is 5.02 Å². The maximum absolute atomic E-state index is 13.3. The van der Waals surface area contributed by atoms with Crippen molar-refractivity contribution in [2.45, 2.75) is 19.9 Å². The molecule has 0 heterocycles. The van der Waals surface area contributed by atoms with E-state index in [0.717, 1.165) is 26.7 Å². The summed E-state index contributed by atoms with van der Waals surface area (Å²) < 4.78 is 14.3. The summed E-state index contributed by atoms with van der Waals surface area (Å²) in [5.41, 5.74) is 9.72. The molecule has 0 aliphatic heterocycles. The van der Waals surface area contributed by atoms with Crippen molar-refractivity contribution >= 4 is 27.5 Å². The Balaban J connectivity index is 2.56. The molecule has 2 N–H and O–H groups in total. The van der Waals surface area contributed by atoms with E-state index < -0.39 is 0 Å². The van der Waals surface area contributed by atoms with Crippen LogP contribution in [0.5, 0.6) is 0 Å². The van der Waals surface area contributed by atoms with Crippen molar-refractivity contribution in [1.82, 2.24) is 0 Å². The van der Waals surface area contributed by atoms with Gasteiger partial charge in [0.25, 0.3) is 0 Å². The highest BCUT2D eigenvalue weighted by Gasteiger charge is 2.17. The van der Waals surface area contributed by atoms with Gasteiger partial charge >= 0.3 is 0 Å². The van der Waals surface area contributed by atoms with Gasteiger partial charge in [-0.1, -0.05) is 27.5 Å². The monoisotopic (exact) mass is 341 g/mol. The fourth-order valence-electron chi connectivity index (χ4n) is 2.32. The van der Waals surface area contributed by atoms with Gasteiger partial charge in [0.1, 0.15) is 5.82 Å². The zero-order chi connectivity index (χ0) is 14.2. The van der Waals surface area contributed by atoms with Crippen LogP contribution in [0.3, 0.4) is 0 Å². The zero-order valence-corrected chi connectivity index (χ0v) is 13.0. The first-order chi connectivity index (χ1) is 8.90. The lowest BCUT2D eigenvalue weighted by atomic mass is 9.92. The summed E-state index contributed by atoms with van der Waals surface area (Å²) in [5.74, 6) is -0.244. The third-order valence-electron chi connectivity index (χ3n) is 3.16. The first-order valence-corrected chi connectivity index (χ1v) is 7.04. The molecular weight excluding hydrogens is 329 g/mol. The van der Waals surface area contributed by atoms with E-state index in [1.54, 1.807) is 6.07 Å². The van der Waals surface area contributed by atoms with E-state index >= 15 is 0 Å². The topological polar surface area (TPSA) is 26.0 Å². The molecule has 19 heavy (non-hydrogen) atoms. The Morgan fingerprint density at radius 2 is 1.74 bits per heavy atom. The van der Waals surface area contributed by atoms with Crippen LogP contribution < -0.4 is 5.73 Å². The number of benzene rings is 2. The van der Waals surface area contributed by atoms with Gasteiger partial charge in [0.05, 0.1) is 6.04 Å². The van der Waals surface area contributed by atoms with Gasteiger partial charge in [0, 0.05) is 9.50 Å². The van der Waals surface area contributed by atoms with Crippen LogP contribution in [0.15, 0.2) is 34.8 Å². The van der Waals surface area contributed by atoms with Crippen LogP contribution in [-0.4, -0.2) is 0 Å². The lowest BCUT2D eigenvalue weighted by molar-refractivity contribution is 0.623. The SMILES string of the molecule is Cc1cc(F)cc(C)c1C(N)c1cc(Br)ccc1Cl. The Kier molecular flexibility index (Phi) is 4.29. The second kappa shape index (κ2) is 5.61. The normalized spacial score (nSPS) is 12.5. The van der Waals surface area contributed by atoms with E-state index in [-0.39, 0.29) is 11.9 Å². The highest BCUT2D eigenvalue weighted by Crippen LogP contribution is 2.32. The minimum Gasteiger partial charge on any atom is -0.320 e. The molecule has 2 rings (SSSR count). The molecule has 0 amide bonds. The van der Waals surface area contributed by atoms with Gasteiger partial charge in [-0.2, -0.15) is 0 Å². The Morgan fingerprint density at radius 3 is 2.32 bits per heavy atom. The van der Waals surface area contributed by atoms with E-state index in [4.69, 9.17) is 17.3 Å². The quantitative estimate of drug-likeness (QED) is 0.825. The van der Waals surface area contributed by atoms with Gasteiger partial charge in [0.2, 0.25) is 0 Å². The molecule has 1 nitrogen and oxygen atoms in total. The minimum absolute atomic E-state index is 0.244. The molecule has 0 bridgehead atoms. The lowest BCUT2D eigenvalue weighted by Gasteiger charge is -2.19. The first-order valence-electron chi connectivity index (χ1n) is 5.87. The minimum atomic E-state index is -0.370. The molecule has 100 valence electrons. The first kappa shape index (κ1) is 14.5. The van der Waals surface area contributed by atoms with Crippen molar-refractivity contribution in [3.63, 3.8) is 0 Å². The number of rotatable bonds is 2. The van der Waals surface area contributed by atoms with Gasteiger partial charge in [-0.25, -0.2) is 4.39 Å². The largest absolute Gasteiger partial charge is 0.320 e. The fraction of sp³-hybridized carbons (Fsp3) is 0.200. The number of halogens is 3. The molecule has 4 heteroatoms. The Hall–Kier alpha value is -0.900. The Labute approximate surface area is 125 Å². The zero-order valence-electron chi connectivity index (χ0n) is 10.7. The van der Waals surface area contributed by atoms with Crippen molar-refractivity contribution in [2.24, 2.45) is 5.73 Å². The second-order valence-corrected chi connectivity index (χ2v) is 5.92. The summed E-state index contributed by atoms with van der Waals surface area (Å²) in [7, 11) is 0. The molecule has 0 radical (unpaired) electrons. The summed E-state index contributed by atoms with van der Waals surface area (Å²) in [6.07, 6.45) is 0. The molecule has 1 atom stereocenters. The standard InChI is InChI=1S/C15H14BrClFN/c1-8-5-11(18)6-9(2)14(8)15(19)12-7-10(16)3-4-13(12)17/h3-7,15H,19H2,1-2H3. The third-order valence-corrected chi connectivity index (χ3v) is 4.00. The molecule has 0 saturated heterocycles. The van der Waals surface area contributed by atoms with Crippen LogP contribution in [0.25, 0.3) is 0 Å². The predicted octanol–water partition coefficient (Wildman–Crippen LogP) is 4.91. The van der Waals surface area contributed by atoms with Gasteiger partial charge in [-0.05, 0) is 66.4 Å². The van der Waals surface area contributed by atoms with Crippen molar-refractivity contribution < 1.29 is 4.39 Å². The maximum atomic E-state index is 13.3. The van der Waals surface area contributed by atoms with Crippen molar-refractivity contribution in [3.05, 3.63) is 67.9 Å². The summed E-state index contributed by atoms with van der Waals surface area (Å²) in [6, 6.07) is 8.18. The molecule has 0 aliphatic carbocycles. The van der Waals surface area contributed by atoms with E-state index in [2.05, 4.69) is 15.9 Å². The number of aryl methyl sites for hydroxylation is 2. The van der Waals surface area contributed by atoms with E-state index in [1.807, 2.05) is 26.0 Å². The van der Waals surface area contributed by atoms with Crippen LogP contribution in [0, 0.1) is 19.7 Å². The summed E-state index contributed by atoms with van der Waals surface area (Å²) in [4.78, 5) is 0. The molecule has 0 spiro atoms. The average Bonchev–Trinajstić information content (AvgIpc) is 2.30. The summed E-state index contributed by atoms with van der Waals surface area (Å²) in [6.45, 7) is 3.72. The van der Waals surface area contributed by atoms with Gasteiger partial charge < -0.3 is 5.73 Å². The van der Waals surface area contributed by atoms with Crippen LogP contribution in [0.2, 0.25) is 5.02 Å². The van der Waals surface area contributed by atoms with Gasteiger partial charge in [0.15, 0.2) is 0 Å². The molecular formula is C15H14BrClFN. The molecule has 0 fully saturated rings. The number of hydrogen-bond donors (Lipinski definition) is 1. The number of hydrogen-bond acceptors (Lipinski definition) is 1.